The van der Waals surface area contributed by atoms with E-state index in [4.69, 9.17) is 9.47 Å². The van der Waals surface area contributed by atoms with Crippen molar-refractivity contribution in [1.82, 2.24) is 0 Å². The number of rotatable bonds is 6. The van der Waals surface area contributed by atoms with Crippen LogP contribution in [0.5, 0.6) is 11.5 Å². The Morgan fingerprint density at radius 3 is 2.08 bits per heavy atom. The molecule has 1 N–H and O–H groups in total. The number of methoxy groups -OCH3 is 2. The minimum atomic E-state index is -2.25. The van der Waals surface area contributed by atoms with Crippen molar-refractivity contribution in [3.8, 4) is 11.5 Å². The van der Waals surface area contributed by atoms with E-state index in [1.54, 1.807) is 6.07 Å². The predicted octanol–water partition coefficient (Wildman–Crippen LogP) is 4.13. The molecule has 2 aromatic carbocycles. The molecule has 140 valence electrons. The quantitative estimate of drug-likeness (QED) is 0.347. The highest BCUT2D eigenvalue weighted by molar-refractivity contribution is 8.00. The van der Waals surface area contributed by atoms with Gasteiger partial charge in [-0.15, -0.1) is 11.8 Å². The van der Waals surface area contributed by atoms with Gasteiger partial charge in [0, 0.05) is 6.07 Å². The first-order chi connectivity index (χ1) is 12.3. The van der Waals surface area contributed by atoms with Gasteiger partial charge < -0.3 is 14.8 Å². The van der Waals surface area contributed by atoms with Crippen LogP contribution in [0, 0.1) is 29.1 Å². The molecule has 10 heteroatoms. The van der Waals surface area contributed by atoms with E-state index in [-0.39, 0.29) is 17.4 Å². The molecule has 0 radical (unpaired) electrons. The van der Waals surface area contributed by atoms with Crippen molar-refractivity contribution < 1.29 is 36.2 Å². The predicted molar refractivity (Wildman–Crippen MR) is 85.1 cm³/mol. The fourth-order valence-electron chi connectivity index (χ4n) is 1.95. The summed E-state index contributed by atoms with van der Waals surface area (Å²) in [5, 5.41) is 2.41. The Morgan fingerprint density at radius 1 is 0.962 bits per heavy atom. The average Bonchev–Trinajstić information content (AvgIpc) is 2.64. The van der Waals surface area contributed by atoms with Crippen LogP contribution in [-0.4, -0.2) is 25.9 Å². The van der Waals surface area contributed by atoms with E-state index in [0.29, 0.717) is 11.5 Å². The van der Waals surface area contributed by atoms with Gasteiger partial charge in [0.15, 0.2) is 23.3 Å². The lowest BCUT2D eigenvalue weighted by atomic mass is 10.2. The van der Waals surface area contributed by atoms with Gasteiger partial charge in [-0.2, -0.15) is 0 Å². The van der Waals surface area contributed by atoms with Gasteiger partial charge in [-0.05, 0) is 12.1 Å². The molecule has 0 bridgehead atoms. The molecule has 0 fully saturated rings. The summed E-state index contributed by atoms with van der Waals surface area (Å²) in [5.74, 6) is -11.0. The van der Waals surface area contributed by atoms with Gasteiger partial charge >= 0.3 is 0 Å². The zero-order chi connectivity index (χ0) is 19.4. The Morgan fingerprint density at radius 2 is 1.54 bits per heavy atom. The van der Waals surface area contributed by atoms with E-state index < -0.39 is 45.6 Å². The number of benzene rings is 2. The number of hydrogen-bond donors (Lipinski definition) is 1. The number of carbonyl (C=O) groups is 1. The lowest BCUT2D eigenvalue weighted by Crippen LogP contribution is -2.15. The van der Waals surface area contributed by atoms with Gasteiger partial charge in [-0.1, -0.05) is 0 Å². The van der Waals surface area contributed by atoms with Crippen LogP contribution in [-0.2, 0) is 4.79 Å². The third-order valence-corrected chi connectivity index (χ3v) is 4.25. The van der Waals surface area contributed by atoms with E-state index in [9.17, 15) is 26.7 Å². The number of carbonyl (C=O) groups excluding carboxylic acids is 1. The molecule has 4 nitrogen and oxygen atoms in total. The van der Waals surface area contributed by atoms with Crippen molar-refractivity contribution in [2.24, 2.45) is 0 Å². The number of thioether (sulfide) groups is 1. The lowest BCUT2D eigenvalue weighted by molar-refractivity contribution is -0.113. The van der Waals surface area contributed by atoms with Crippen LogP contribution in [0.1, 0.15) is 0 Å². The van der Waals surface area contributed by atoms with Crippen LogP contribution in [0.25, 0.3) is 0 Å². The maximum absolute atomic E-state index is 13.6. The Bertz CT molecular complexity index is 818. The second-order valence-electron chi connectivity index (χ2n) is 4.80. The molecule has 26 heavy (non-hydrogen) atoms. The summed E-state index contributed by atoms with van der Waals surface area (Å²) >= 11 is 0.181. The largest absolute Gasteiger partial charge is 0.497 e. The van der Waals surface area contributed by atoms with Gasteiger partial charge in [0.2, 0.25) is 11.7 Å². The first-order valence-corrected chi connectivity index (χ1v) is 7.94. The smallest absolute Gasteiger partial charge is 0.234 e. The highest BCUT2D eigenvalue weighted by Crippen LogP contribution is 2.32. The summed E-state index contributed by atoms with van der Waals surface area (Å²) in [6.07, 6.45) is 0. The molecule has 0 saturated heterocycles. The summed E-state index contributed by atoms with van der Waals surface area (Å²) in [6.45, 7) is 0. The van der Waals surface area contributed by atoms with Gasteiger partial charge in [-0.3, -0.25) is 4.79 Å². The SMILES string of the molecule is COc1ccc(OC)c(NC(=O)CSc2c(F)c(F)c(F)c(F)c2F)c1. The summed E-state index contributed by atoms with van der Waals surface area (Å²) in [5.41, 5.74) is 0.217. The van der Waals surface area contributed by atoms with Crippen LogP contribution < -0.4 is 14.8 Å². The van der Waals surface area contributed by atoms with E-state index >= 15 is 0 Å². The number of anilines is 1. The zero-order valence-electron chi connectivity index (χ0n) is 13.5. The molecule has 0 atom stereocenters. The molecular weight excluding hydrogens is 381 g/mol. The van der Waals surface area contributed by atoms with E-state index in [0.717, 1.165) is 0 Å². The second kappa shape index (κ2) is 8.26. The van der Waals surface area contributed by atoms with Crippen molar-refractivity contribution in [2.45, 2.75) is 4.90 Å². The number of nitrogens with one attached hydrogen (secondary N) is 1. The molecule has 2 aromatic rings. The first kappa shape index (κ1) is 19.8. The third kappa shape index (κ3) is 4.01. The summed E-state index contributed by atoms with van der Waals surface area (Å²) < 4.78 is 76.5. The molecule has 1 amide bonds. The molecule has 0 saturated carbocycles. The van der Waals surface area contributed by atoms with E-state index in [1.807, 2.05) is 0 Å². The Kier molecular flexibility index (Phi) is 6.30. The fourth-order valence-corrected chi connectivity index (χ4v) is 2.73. The maximum Gasteiger partial charge on any atom is 0.234 e. The maximum atomic E-state index is 13.6. The Labute approximate surface area is 149 Å². The zero-order valence-corrected chi connectivity index (χ0v) is 14.3. The highest BCUT2D eigenvalue weighted by Gasteiger charge is 2.26. The topological polar surface area (TPSA) is 47.6 Å². The lowest BCUT2D eigenvalue weighted by Gasteiger charge is -2.12. The number of ether oxygens (including phenoxy) is 2. The summed E-state index contributed by atoms with van der Waals surface area (Å²) in [6, 6.07) is 4.55. The van der Waals surface area contributed by atoms with Gasteiger partial charge in [0.25, 0.3) is 0 Å². The molecule has 2 rings (SSSR count). The molecule has 0 aliphatic heterocycles. The van der Waals surface area contributed by atoms with Crippen molar-refractivity contribution in [2.75, 3.05) is 25.3 Å². The molecular formula is C16H12F5NO3S. The van der Waals surface area contributed by atoms with Crippen molar-refractivity contribution in [3.63, 3.8) is 0 Å². The molecule has 0 aromatic heterocycles. The first-order valence-electron chi connectivity index (χ1n) is 6.96. The standard InChI is InChI=1S/C16H12F5NO3S/c1-24-7-3-4-9(25-2)8(5-7)22-10(23)6-26-16-14(20)12(18)11(17)13(19)15(16)21/h3-5H,6H2,1-2H3,(H,22,23). The van der Waals surface area contributed by atoms with Gasteiger partial charge in [0.05, 0.1) is 30.6 Å². The highest BCUT2D eigenvalue weighted by atomic mass is 32.2. The number of hydrogen-bond acceptors (Lipinski definition) is 4. The average molecular weight is 393 g/mol. The molecule has 0 unspecified atom stereocenters. The normalized spacial score (nSPS) is 10.6. The number of halogens is 5. The van der Waals surface area contributed by atoms with Crippen molar-refractivity contribution >= 4 is 23.4 Å². The van der Waals surface area contributed by atoms with E-state index in [1.165, 1.54) is 26.4 Å². The van der Waals surface area contributed by atoms with Crippen LogP contribution in [0.3, 0.4) is 0 Å². The minimum Gasteiger partial charge on any atom is -0.497 e. The van der Waals surface area contributed by atoms with Crippen LogP contribution >= 0.6 is 11.8 Å². The van der Waals surface area contributed by atoms with E-state index in [2.05, 4.69) is 5.32 Å². The van der Waals surface area contributed by atoms with Gasteiger partial charge in [0.1, 0.15) is 11.5 Å². The summed E-state index contributed by atoms with van der Waals surface area (Å²) in [7, 11) is 2.77. The monoisotopic (exact) mass is 393 g/mol. The minimum absolute atomic E-state index is 0.181. The molecule has 0 aliphatic carbocycles. The molecule has 0 heterocycles. The molecule has 0 spiro atoms. The fraction of sp³-hybridized carbons (Fsp3) is 0.188. The summed E-state index contributed by atoms with van der Waals surface area (Å²) in [4.78, 5) is 10.8. The Balaban J connectivity index is 2.16. The van der Waals surface area contributed by atoms with Crippen LogP contribution in [0.2, 0.25) is 0 Å². The van der Waals surface area contributed by atoms with Crippen molar-refractivity contribution in [1.29, 1.82) is 0 Å². The number of amides is 1. The third-order valence-electron chi connectivity index (χ3n) is 3.20. The van der Waals surface area contributed by atoms with Crippen molar-refractivity contribution in [3.05, 3.63) is 47.3 Å². The second-order valence-corrected chi connectivity index (χ2v) is 5.79. The van der Waals surface area contributed by atoms with Gasteiger partial charge in [-0.25, -0.2) is 22.0 Å². The van der Waals surface area contributed by atoms with Crippen LogP contribution in [0.4, 0.5) is 27.6 Å². The Hall–Kier alpha value is -2.49. The molecule has 0 aliphatic rings. The van der Waals surface area contributed by atoms with Crippen LogP contribution in [0.15, 0.2) is 23.1 Å².